The van der Waals surface area contributed by atoms with E-state index in [9.17, 15) is 0 Å². The van der Waals surface area contributed by atoms with Crippen LogP contribution in [0.15, 0.2) is 42.6 Å². The average Bonchev–Trinajstić information content (AvgIpc) is 2.74. The topological polar surface area (TPSA) is 53.5 Å². The second-order valence-electron chi connectivity index (χ2n) is 6.95. The van der Waals surface area contributed by atoms with Crippen LogP contribution in [0.4, 0.5) is 11.8 Å². The maximum Gasteiger partial charge on any atom is 0.227 e. The summed E-state index contributed by atoms with van der Waals surface area (Å²) in [7, 11) is 0. The van der Waals surface area contributed by atoms with E-state index in [0.29, 0.717) is 6.04 Å². The second kappa shape index (κ2) is 8.47. The normalized spacial score (nSPS) is 19.5. The third kappa shape index (κ3) is 4.31. The standard InChI is InChI=1S/C20H27N5O/c1-2-4-17(5-3-1)16-22-19-6-9-21-20(23-19)25-10-7-18(8-11-25)24-12-14-26-15-13-24/h1-6,9,18H,7-8,10-16H2,(H,21,22,23). The zero-order valence-electron chi connectivity index (χ0n) is 15.2. The number of nitrogens with one attached hydrogen (secondary N) is 1. The minimum absolute atomic E-state index is 0.675. The molecule has 4 rings (SSSR count). The number of nitrogens with zero attached hydrogens (tertiary/aromatic N) is 4. The summed E-state index contributed by atoms with van der Waals surface area (Å²) in [5, 5.41) is 3.40. The van der Waals surface area contributed by atoms with E-state index < -0.39 is 0 Å². The van der Waals surface area contributed by atoms with Gasteiger partial charge >= 0.3 is 0 Å². The Hall–Kier alpha value is -2.18. The predicted octanol–water partition coefficient (Wildman–Crippen LogP) is 2.39. The van der Waals surface area contributed by atoms with Gasteiger partial charge in [-0.3, -0.25) is 4.90 Å². The molecule has 6 heteroatoms. The Labute approximate surface area is 155 Å². The summed E-state index contributed by atoms with van der Waals surface area (Å²) in [5.41, 5.74) is 1.25. The number of rotatable bonds is 5. The second-order valence-corrected chi connectivity index (χ2v) is 6.95. The van der Waals surface area contributed by atoms with Gasteiger partial charge in [0.2, 0.25) is 5.95 Å². The monoisotopic (exact) mass is 353 g/mol. The summed E-state index contributed by atoms with van der Waals surface area (Å²) in [4.78, 5) is 14.1. The molecule has 6 nitrogen and oxygen atoms in total. The van der Waals surface area contributed by atoms with Gasteiger partial charge in [0.05, 0.1) is 13.2 Å². The molecule has 1 aromatic heterocycles. The number of aromatic nitrogens is 2. The van der Waals surface area contributed by atoms with Gasteiger partial charge in [-0.2, -0.15) is 4.98 Å². The number of hydrogen-bond acceptors (Lipinski definition) is 6. The first-order valence-electron chi connectivity index (χ1n) is 9.56. The lowest BCUT2D eigenvalue weighted by Gasteiger charge is -2.40. The molecule has 0 saturated carbocycles. The Balaban J connectivity index is 1.32. The maximum absolute atomic E-state index is 5.47. The van der Waals surface area contributed by atoms with E-state index in [1.54, 1.807) is 0 Å². The molecule has 2 saturated heterocycles. The van der Waals surface area contributed by atoms with Crippen molar-refractivity contribution >= 4 is 11.8 Å². The summed E-state index contributed by atoms with van der Waals surface area (Å²) in [6.45, 7) is 6.70. The van der Waals surface area contributed by atoms with Gasteiger partial charge in [0, 0.05) is 45.0 Å². The molecular weight excluding hydrogens is 326 g/mol. The molecule has 138 valence electrons. The first-order valence-corrected chi connectivity index (χ1v) is 9.56. The van der Waals surface area contributed by atoms with Gasteiger partial charge in [0.25, 0.3) is 0 Å². The smallest absolute Gasteiger partial charge is 0.227 e. The number of anilines is 2. The van der Waals surface area contributed by atoms with Gasteiger partial charge in [0.1, 0.15) is 5.82 Å². The molecule has 0 bridgehead atoms. The SMILES string of the molecule is c1ccc(CNc2ccnc(N3CCC(N4CCOCC4)CC3)n2)cc1. The molecular formula is C20H27N5O. The lowest BCUT2D eigenvalue weighted by molar-refractivity contribution is 0.0114. The number of benzene rings is 1. The Kier molecular flexibility index (Phi) is 5.62. The molecule has 2 aliphatic rings. The van der Waals surface area contributed by atoms with Crippen LogP contribution in [0, 0.1) is 0 Å². The van der Waals surface area contributed by atoms with E-state index in [1.807, 2.05) is 18.3 Å². The fraction of sp³-hybridized carbons (Fsp3) is 0.500. The van der Waals surface area contributed by atoms with Crippen molar-refractivity contribution in [3.05, 3.63) is 48.2 Å². The van der Waals surface area contributed by atoms with Gasteiger partial charge in [-0.05, 0) is 24.5 Å². The molecule has 0 aliphatic carbocycles. The fourth-order valence-corrected chi connectivity index (χ4v) is 3.76. The lowest BCUT2D eigenvalue weighted by atomic mass is 10.0. The summed E-state index contributed by atoms with van der Waals surface area (Å²) in [5.74, 6) is 1.72. The summed E-state index contributed by atoms with van der Waals surface area (Å²) >= 11 is 0. The molecule has 26 heavy (non-hydrogen) atoms. The number of piperidine rings is 1. The third-order valence-electron chi connectivity index (χ3n) is 5.27. The molecule has 2 aliphatic heterocycles. The van der Waals surface area contributed by atoms with Crippen molar-refractivity contribution in [3.8, 4) is 0 Å². The van der Waals surface area contributed by atoms with Crippen LogP contribution in [0.2, 0.25) is 0 Å². The van der Waals surface area contributed by atoms with Crippen molar-refractivity contribution in [3.63, 3.8) is 0 Å². The fourth-order valence-electron chi connectivity index (χ4n) is 3.76. The first-order chi connectivity index (χ1) is 12.9. The van der Waals surface area contributed by atoms with E-state index in [0.717, 1.165) is 57.7 Å². The van der Waals surface area contributed by atoms with Crippen molar-refractivity contribution in [2.24, 2.45) is 0 Å². The Bertz CT molecular complexity index is 682. The van der Waals surface area contributed by atoms with Crippen molar-refractivity contribution < 1.29 is 4.74 Å². The lowest BCUT2D eigenvalue weighted by Crippen LogP contribution is -2.49. The predicted molar refractivity (Wildman–Crippen MR) is 103 cm³/mol. The number of ether oxygens (including phenoxy) is 1. The van der Waals surface area contributed by atoms with E-state index >= 15 is 0 Å². The number of hydrogen-bond donors (Lipinski definition) is 1. The van der Waals surface area contributed by atoms with Crippen LogP contribution in [0.5, 0.6) is 0 Å². The number of morpholine rings is 1. The highest BCUT2D eigenvalue weighted by atomic mass is 16.5. The van der Waals surface area contributed by atoms with E-state index in [1.165, 1.54) is 18.4 Å². The summed E-state index contributed by atoms with van der Waals surface area (Å²) < 4.78 is 5.47. The zero-order valence-corrected chi connectivity index (χ0v) is 15.2. The zero-order chi connectivity index (χ0) is 17.6. The average molecular weight is 353 g/mol. The summed E-state index contributed by atoms with van der Waals surface area (Å²) in [6.07, 6.45) is 4.19. The highest BCUT2D eigenvalue weighted by Crippen LogP contribution is 2.21. The highest BCUT2D eigenvalue weighted by Gasteiger charge is 2.26. The molecule has 0 radical (unpaired) electrons. The van der Waals surface area contributed by atoms with Crippen molar-refractivity contribution in [1.82, 2.24) is 14.9 Å². The molecule has 0 atom stereocenters. The molecule has 3 heterocycles. The highest BCUT2D eigenvalue weighted by molar-refractivity contribution is 5.42. The molecule has 0 unspecified atom stereocenters. The largest absolute Gasteiger partial charge is 0.379 e. The van der Waals surface area contributed by atoms with Gasteiger partial charge in [-0.15, -0.1) is 0 Å². The molecule has 0 spiro atoms. The van der Waals surface area contributed by atoms with E-state index in [-0.39, 0.29) is 0 Å². The Morgan fingerprint density at radius 3 is 2.54 bits per heavy atom. The van der Waals surface area contributed by atoms with Crippen LogP contribution in [-0.2, 0) is 11.3 Å². The van der Waals surface area contributed by atoms with Crippen LogP contribution in [0.25, 0.3) is 0 Å². The Morgan fingerprint density at radius 2 is 1.77 bits per heavy atom. The quantitative estimate of drug-likeness (QED) is 0.891. The van der Waals surface area contributed by atoms with Crippen LogP contribution in [-0.4, -0.2) is 60.3 Å². The Morgan fingerprint density at radius 1 is 1.00 bits per heavy atom. The van der Waals surface area contributed by atoms with Crippen LogP contribution in [0.1, 0.15) is 18.4 Å². The van der Waals surface area contributed by atoms with Crippen LogP contribution >= 0.6 is 0 Å². The van der Waals surface area contributed by atoms with E-state index in [4.69, 9.17) is 9.72 Å². The first kappa shape index (κ1) is 17.2. The van der Waals surface area contributed by atoms with Gasteiger partial charge in [-0.25, -0.2) is 4.98 Å². The van der Waals surface area contributed by atoms with Gasteiger partial charge < -0.3 is 15.0 Å². The van der Waals surface area contributed by atoms with Crippen molar-refractivity contribution in [1.29, 1.82) is 0 Å². The molecule has 1 aromatic carbocycles. The minimum atomic E-state index is 0.675. The molecule has 2 fully saturated rings. The van der Waals surface area contributed by atoms with Crippen molar-refractivity contribution in [2.45, 2.75) is 25.4 Å². The summed E-state index contributed by atoms with van der Waals surface area (Å²) in [6, 6.07) is 13.0. The third-order valence-corrected chi connectivity index (χ3v) is 5.27. The van der Waals surface area contributed by atoms with Crippen LogP contribution < -0.4 is 10.2 Å². The maximum atomic E-state index is 5.47. The van der Waals surface area contributed by atoms with Crippen LogP contribution in [0.3, 0.4) is 0 Å². The molecule has 1 N–H and O–H groups in total. The van der Waals surface area contributed by atoms with Gasteiger partial charge in [-0.1, -0.05) is 30.3 Å². The van der Waals surface area contributed by atoms with Crippen molar-refractivity contribution in [2.75, 3.05) is 49.6 Å². The van der Waals surface area contributed by atoms with E-state index in [2.05, 4.69) is 44.4 Å². The molecule has 0 amide bonds. The molecule has 2 aromatic rings. The minimum Gasteiger partial charge on any atom is -0.379 e. The van der Waals surface area contributed by atoms with Gasteiger partial charge in [0.15, 0.2) is 0 Å².